The molecule has 2 aromatic carbocycles. The zero-order valence-electron chi connectivity index (χ0n) is 20.7. The van der Waals surface area contributed by atoms with Crippen LogP contribution in [0.15, 0.2) is 59.9 Å². The van der Waals surface area contributed by atoms with Gasteiger partial charge in [0.1, 0.15) is 17.2 Å². The number of hydrogen-bond donors (Lipinski definition) is 3. The van der Waals surface area contributed by atoms with Gasteiger partial charge in [-0.2, -0.15) is 9.51 Å². The van der Waals surface area contributed by atoms with Crippen LogP contribution in [-0.2, 0) is 17.8 Å². The van der Waals surface area contributed by atoms with Gasteiger partial charge in [0.25, 0.3) is 17.6 Å². The molecule has 2 amide bonds. The van der Waals surface area contributed by atoms with Crippen LogP contribution >= 0.6 is 0 Å². The SMILES string of the molecule is C=C1N=C(c2ccc3c(c2)CC[C@@H]3NC(=O)c2cc(C(=O)NCc3ccc(F)c(C)c3)nc3nnnn23)NO1. The number of aromatic nitrogens is 5. The smallest absolute Gasteiger partial charge is 0.274 e. The van der Waals surface area contributed by atoms with Crippen LogP contribution in [0.5, 0.6) is 0 Å². The number of nitrogens with zero attached hydrogens (tertiary/aromatic N) is 6. The Kier molecular flexibility index (Phi) is 5.94. The third kappa shape index (κ3) is 4.65. The van der Waals surface area contributed by atoms with Crippen LogP contribution in [0.2, 0.25) is 0 Å². The van der Waals surface area contributed by atoms with Gasteiger partial charge < -0.3 is 15.5 Å². The number of halogens is 1. The summed E-state index contributed by atoms with van der Waals surface area (Å²) in [5.74, 6) is -0.417. The highest BCUT2D eigenvalue weighted by molar-refractivity contribution is 6.00. The third-order valence-electron chi connectivity index (χ3n) is 6.62. The lowest BCUT2D eigenvalue weighted by Gasteiger charge is -2.15. The summed E-state index contributed by atoms with van der Waals surface area (Å²) in [4.78, 5) is 39.8. The Hall–Kier alpha value is -5.20. The lowest BCUT2D eigenvalue weighted by atomic mass is 10.0. The molecule has 3 N–H and O–H groups in total. The summed E-state index contributed by atoms with van der Waals surface area (Å²) in [5.41, 5.74) is 6.91. The summed E-state index contributed by atoms with van der Waals surface area (Å²) in [7, 11) is 0. The summed E-state index contributed by atoms with van der Waals surface area (Å²) in [6.07, 6.45) is 1.46. The molecular weight excluding hydrogens is 505 g/mol. The number of carbonyl (C=O) groups excluding carboxylic acids is 2. The van der Waals surface area contributed by atoms with Gasteiger partial charge in [-0.05, 0) is 71.2 Å². The highest BCUT2D eigenvalue weighted by atomic mass is 19.1. The Morgan fingerprint density at radius 2 is 2.08 bits per heavy atom. The summed E-state index contributed by atoms with van der Waals surface area (Å²) in [5, 5.41) is 17.0. The average molecular weight is 528 g/mol. The van der Waals surface area contributed by atoms with E-state index in [9.17, 15) is 14.0 Å². The lowest BCUT2D eigenvalue weighted by Crippen LogP contribution is -2.30. The second-order valence-electron chi connectivity index (χ2n) is 9.22. The minimum Gasteiger partial charge on any atom is -0.361 e. The maximum Gasteiger partial charge on any atom is 0.274 e. The highest BCUT2D eigenvalue weighted by Crippen LogP contribution is 2.32. The third-order valence-corrected chi connectivity index (χ3v) is 6.62. The molecule has 6 rings (SSSR count). The zero-order valence-corrected chi connectivity index (χ0v) is 20.7. The Morgan fingerprint density at radius 1 is 1.21 bits per heavy atom. The lowest BCUT2D eigenvalue weighted by molar-refractivity contribution is 0.0928. The van der Waals surface area contributed by atoms with Crippen molar-refractivity contribution in [2.75, 3.05) is 0 Å². The predicted molar refractivity (Wildman–Crippen MR) is 136 cm³/mol. The molecule has 1 atom stereocenters. The number of amides is 2. The van der Waals surface area contributed by atoms with E-state index in [-0.39, 0.29) is 35.6 Å². The number of rotatable bonds is 6. The fourth-order valence-corrected chi connectivity index (χ4v) is 4.65. The maximum absolute atomic E-state index is 13.6. The topological polar surface area (TPSA) is 148 Å². The van der Waals surface area contributed by atoms with Crippen molar-refractivity contribution >= 4 is 23.4 Å². The van der Waals surface area contributed by atoms with Crippen LogP contribution < -0.4 is 16.1 Å². The molecule has 39 heavy (non-hydrogen) atoms. The van der Waals surface area contributed by atoms with Crippen LogP contribution in [-0.4, -0.2) is 42.7 Å². The molecule has 2 aromatic heterocycles. The van der Waals surface area contributed by atoms with Crippen molar-refractivity contribution in [1.29, 1.82) is 0 Å². The van der Waals surface area contributed by atoms with Crippen molar-refractivity contribution in [1.82, 2.24) is 41.1 Å². The van der Waals surface area contributed by atoms with Crippen LogP contribution in [0.25, 0.3) is 5.78 Å². The molecule has 3 heterocycles. The predicted octanol–water partition coefficient (Wildman–Crippen LogP) is 2.07. The number of tetrazole rings is 1. The van der Waals surface area contributed by atoms with Crippen LogP contribution in [0.3, 0.4) is 0 Å². The second-order valence-corrected chi connectivity index (χ2v) is 9.22. The number of aryl methyl sites for hydroxylation is 2. The van der Waals surface area contributed by atoms with E-state index in [2.05, 4.69) is 48.2 Å². The maximum atomic E-state index is 13.6. The molecule has 0 spiro atoms. The van der Waals surface area contributed by atoms with Gasteiger partial charge in [-0.25, -0.2) is 14.9 Å². The Morgan fingerprint density at radius 3 is 2.87 bits per heavy atom. The quantitative estimate of drug-likeness (QED) is 0.345. The van der Waals surface area contributed by atoms with Crippen molar-refractivity contribution in [2.24, 2.45) is 4.99 Å². The fourth-order valence-electron chi connectivity index (χ4n) is 4.65. The average Bonchev–Trinajstić information content (AvgIpc) is 3.68. The summed E-state index contributed by atoms with van der Waals surface area (Å²) >= 11 is 0. The molecule has 196 valence electrons. The molecule has 13 heteroatoms. The van der Waals surface area contributed by atoms with Crippen molar-refractivity contribution in [2.45, 2.75) is 32.4 Å². The number of carbonyl (C=O) groups is 2. The van der Waals surface area contributed by atoms with Crippen LogP contribution in [0.1, 0.15) is 61.3 Å². The Labute approximate surface area is 220 Å². The van der Waals surface area contributed by atoms with Crippen molar-refractivity contribution in [3.05, 3.63) is 99.9 Å². The number of fused-ring (bicyclic) bond motifs is 2. The first-order valence-electron chi connectivity index (χ1n) is 12.1. The van der Waals surface area contributed by atoms with Gasteiger partial charge in [-0.3, -0.25) is 9.59 Å². The number of amidine groups is 1. The van der Waals surface area contributed by atoms with E-state index < -0.39 is 11.8 Å². The van der Waals surface area contributed by atoms with Crippen molar-refractivity contribution in [3.63, 3.8) is 0 Å². The van der Waals surface area contributed by atoms with Gasteiger partial charge in [0, 0.05) is 18.2 Å². The fraction of sp³-hybridized carbons (Fsp3) is 0.192. The first-order valence-corrected chi connectivity index (χ1v) is 12.1. The molecular formula is C26H22FN9O3. The van der Waals surface area contributed by atoms with E-state index >= 15 is 0 Å². The van der Waals surface area contributed by atoms with Gasteiger partial charge in [0.2, 0.25) is 5.88 Å². The van der Waals surface area contributed by atoms with E-state index in [1.807, 2.05) is 18.2 Å². The molecule has 1 aliphatic carbocycles. The molecule has 12 nitrogen and oxygen atoms in total. The number of aliphatic imine (C=N–C) groups is 1. The molecule has 2 aliphatic rings. The van der Waals surface area contributed by atoms with Gasteiger partial charge in [0.05, 0.1) is 6.04 Å². The molecule has 0 saturated carbocycles. The summed E-state index contributed by atoms with van der Waals surface area (Å²) in [6.45, 7) is 5.47. The summed E-state index contributed by atoms with van der Waals surface area (Å²) in [6, 6.07) is 11.5. The van der Waals surface area contributed by atoms with Crippen molar-refractivity contribution < 1.29 is 18.8 Å². The van der Waals surface area contributed by atoms with E-state index in [1.54, 1.807) is 19.1 Å². The largest absolute Gasteiger partial charge is 0.361 e. The Bertz CT molecular complexity index is 1700. The second kappa shape index (κ2) is 9.59. The zero-order chi connectivity index (χ0) is 27.1. The molecule has 0 bridgehead atoms. The first kappa shape index (κ1) is 24.2. The molecule has 0 unspecified atom stereocenters. The molecule has 0 fully saturated rings. The minimum atomic E-state index is -0.523. The van der Waals surface area contributed by atoms with Gasteiger partial charge in [0.15, 0.2) is 5.84 Å². The number of nitrogens with one attached hydrogen (secondary N) is 3. The normalized spacial score (nSPS) is 15.9. The van der Waals surface area contributed by atoms with Crippen molar-refractivity contribution in [3.8, 4) is 0 Å². The van der Waals surface area contributed by atoms with Crippen LogP contribution in [0, 0.1) is 12.7 Å². The molecule has 1 aliphatic heterocycles. The number of benzene rings is 2. The van der Waals surface area contributed by atoms with E-state index in [4.69, 9.17) is 4.84 Å². The van der Waals surface area contributed by atoms with E-state index in [1.165, 1.54) is 16.6 Å². The molecule has 4 aromatic rings. The van der Waals surface area contributed by atoms with E-state index in [0.717, 1.165) is 28.7 Å². The van der Waals surface area contributed by atoms with Crippen LogP contribution in [0.4, 0.5) is 4.39 Å². The minimum absolute atomic E-state index is 0.00976. The molecule has 0 saturated heterocycles. The summed E-state index contributed by atoms with van der Waals surface area (Å²) < 4.78 is 14.7. The standard InChI is InChI=1S/C26H22FN9O3/c1-13-9-15(3-7-19(13)27)12-28-24(37)21-11-22(36-26(31-21)32-34-35-36)25(38)30-20-8-5-16-10-17(4-6-18(16)20)23-29-14(2)39-33-23/h3-4,6-7,9-11,20H,2,5,8,12H2,1H3,(H,28,37)(H,29,33)(H,30,38)/t20-/m0/s1. The van der Waals surface area contributed by atoms with Gasteiger partial charge >= 0.3 is 0 Å². The highest BCUT2D eigenvalue weighted by Gasteiger charge is 2.27. The van der Waals surface area contributed by atoms with Gasteiger partial charge in [-0.15, -0.1) is 0 Å². The molecule has 0 radical (unpaired) electrons. The number of hydroxylamine groups is 1. The Balaban J connectivity index is 1.20. The monoisotopic (exact) mass is 527 g/mol. The van der Waals surface area contributed by atoms with E-state index in [0.29, 0.717) is 23.7 Å². The van der Waals surface area contributed by atoms with Gasteiger partial charge in [-0.1, -0.05) is 29.4 Å². The first-order chi connectivity index (χ1) is 18.9. The number of hydrogen-bond acceptors (Lipinski definition) is 9.